The number of anilines is 2. The number of nitrogen functional groups attached to an aromatic ring is 1. The predicted octanol–water partition coefficient (Wildman–Crippen LogP) is 4.47. The van der Waals surface area contributed by atoms with Crippen molar-refractivity contribution < 1.29 is 23.5 Å². The van der Waals surface area contributed by atoms with Crippen LogP contribution in [0.1, 0.15) is 59.7 Å². The maximum atomic E-state index is 13.3. The number of aromatic nitrogens is 1. The third-order valence-electron chi connectivity index (χ3n) is 6.84. The molecule has 214 valence electrons. The van der Waals surface area contributed by atoms with Crippen LogP contribution in [0.2, 0.25) is 0 Å². The smallest absolute Gasteiger partial charge is 0.343 e. The second-order valence-electron chi connectivity index (χ2n) is 9.77. The standard InChI is InChI=1S/C31H34FN5O4/c32-24-10-12-25(13-11-24)36-30(39)28(22-7-3-1-4-8-22)41-31(40)26-19-23(20-35-29(26)34)21-14-17-37(18-15-21)27(38)9-5-2-6-16-33/h1,3-4,7-8,10-14,19-20,28H,2,5-6,9,15-18,33H2,(H2,34,35)(H,36,39)/t28-/m1/s1. The monoisotopic (exact) mass is 559 g/mol. The van der Waals surface area contributed by atoms with E-state index >= 15 is 0 Å². The van der Waals surface area contributed by atoms with Crippen LogP contribution in [0.4, 0.5) is 15.9 Å². The fourth-order valence-electron chi connectivity index (χ4n) is 4.54. The van der Waals surface area contributed by atoms with Crippen molar-refractivity contribution in [2.45, 2.75) is 38.2 Å². The first-order valence-electron chi connectivity index (χ1n) is 13.6. The van der Waals surface area contributed by atoms with Gasteiger partial charge in [-0.05, 0) is 67.3 Å². The normalized spacial score (nSPS) is 13.7. The summed E-state index contributed by atoms with van der Waals surface area (Å²) in [4.78, 5) is 45.0. The summed E-state index contributed by atoms with van der Waals surface area (Å²) >= 11 is 0. The number of esters is 1. The molecule has 0 fully saturated rings. The van der Waals surface area contributed by atoms with Gasteiger partial charge in [0.05, 0.1) is 0 Å². The molecule has 1 atom stereocenters. The first-order chi connectivity index (χ1) is 19.9. The van der Waals surface area contributed by atoms with E-state index in [9.17, 15) is 18.8 Å². The molecular formula is C31H34FN5O4. The van der Waals surface area contributed by atoms with Crippen molar-refractivity contribution in [2.75, 3.05) is 30.7 Å². The largest absolute Gasteiger partial charge is 0.444 e. The van der Waals surface area contributed by atoms with E-state index in [2.05, 4.69) is 10.3 Å². The van der Waals surface area contributed by atoms with Crippen LogP contribution in [0.3, 0.4) is 0 Å². The number of hydrogen-bond acceptors (Lipinski definition) is 7. The number of hydrogen-bond donors (Lipinski definition) is 3. The molecule has 0 saturated heterocycles. The number of pyridine rings is 1. The number of ether oxygens (including phenoxy) is 1. The zero-order valence-corrected chi connectivity index (χ0v) is 22.7. The zero-order valence-electron chi connectivity index (χ0n) is 22.7. The lowest BCUT2D eigenvalue weighted by molar-refractivity contribution is -0.131. The van der Waals surface area contributed by atoms with Crippen molar-refractivity contribution in [3.05, 3.63) is 95.4 Å². The average Bonchev–Trinajstić information content (AvgIpc) is 2.99. The van der Waals surface area contributed by atoms with Crippen LogP contribution in [-0.4, -0.2) is 47.3 Å². The Morgan fingerprint density at radius 2 is 1.80 bits per heavy atom. The number of halogens is 1. The van der Waals surface area contributed by atoms with Crippen molar-refractivity contribution in [1.29, 1.82) is 0 Å². The Hall–Kier alpha value is -4.57. The first kappa shape index (κ1) is 29.4. The van der Waals surface area contributed by atoms with E-state index in [1.807, 2.05) is 11.0 Å². The summed E-state index contributed by atoms with van der Waals surface area (Å²) in [5.74, 6) is -1.78. The lowest BCUT2D eigenvalue weighted by atomic mass is 9.99. The summed E-state index contributed by atoms with van der Waals surface area (Å²) in [5.41, 5.74) is 14.0. The summed E-state index contributed by atoms with van der Waals surface area (Å²) in [6, 6.07) is 15.4. The van der Waals surface area contributed by atoms with Crippen molar-refractivity contribution in [2.24, 2.45) is 5.73 Å². The third-order valence-corrected chi connectivity index (χ3v) is 6.84. The van der Waals surface area contributed by atoms with Crippen molar-refractivity contribution >= 4 is 34.9 Å². The molecule has 0 aliphatic carbocycles. The Morgan fingerprint density at radius 1 is 1.05 bits per heavy atom. The topological polar surface area (TPSA) is 141 Å². The first-order valence-corrected chi connectivity index (χ1v) is 13.6. The third kappa shape index (κ3) is 7.98. The number of nitrogens with zero attached hydrogens (tertiary/aromatic N) is 2. The predicted molar refractivity (Wildman–Crippen MR) is 155 cm³/mol. The van der Waals surface area contributed by atoms with Gasteiger partial charge in [-0.3, -0.25) is 9.59 Å². The Balaban J connectivity index is 1.47. The number of nitrogens with two attached hydrogens (primary N) is 2. The number of rotatable bonds is 11. The molecule has 2 aromatic carbocycles. The molecule has 0 unspecified atom stereocenters. The summed E-state index contributed by atoms with van der Waals surface area (Å²) in [6.07, 6.45) is 6.01. The van der Waals surface area contributed by atoms with Gasteiger partial charge in [-0.2, -0.15) is 0 Å². The highest BCUT2D eigenvalue weighted by Gasteiger charge is 2.28. The van der Waals surface area contributed by atoms with E-state index in [1.54, 1.807) is 42.6 Å². The van der Waals surface area contributed by atoms with Crippen LogP contribution < -0.4 is 16.8 Å². The highest BCUT2D eigenvalue weighted by Crippen LogP contribution is 2.27. The zero-order chi connectivity index (χ0) is 29.2. The van der Waals surface area contributed by atoms with Gasteiger partial charge in [0.25, 0.3) is 5.91 Å². The maximum absolute atomic E-state index is 13.3. The highest BCUT2D eigenvalue weighted by atomic mass is 19.1. The van der Waals surface area contributed by atoms with Gasteiger partial charge >= 0.3 is 5.97 Å². The Kier molecular flexibility index (Phi) is 10.2. The summed E-state index contributed by atoms with van der Waals surface area (Å²) in [6.45, 7) is 1.66. The summed E-state index contributed by atoms with van der Waals surface area (Å²) in [5, 5.41) is 2.66. The van der Waals surface area contributed by atoms with Gasteiger partial charge in [0.15, 0.2) is 0 Å². The molecule has 0 spiro atoms. The highest BCUT2D eigenvalue weighted by molar-refractivity contribution is 6.00. The van der Waals surface area contributed by atoms with Gasteiger partial charge in [-0.1, -0.05) is 42.8 Å². The molecular weight excluding hydrogens is 525 g/mol. The molecule has 5 N–H and O–H groups in total. The number of unbranched alkanes of at least 4 members (excludes halogenated alkanes) is 2. The van der Waals surface area contributed by atoms with Gasteiger partial charge in [0.1, 0.15) is 17.2 Å². The Bertz CT molecular complexity index is 1400. The molecule has 1 aromatic heterocycles. The second-order valence-corrected chi connectivity index (χ2v) is 9.77. The minimum absolute atomic E-state index is 0.0253. The fourth-order valence-corrected chi connectivity index (χ4v) is 4.54. The van der Waals surface area contributed by atoms with E-state index < -0.39 is 23.8 Å². The quantitative estimate of drug-likeness (QED) is 0.232. The molecule has 3 aromatic rings. The number of benzene rings is 2. The van der Waals surface area contributed by atoms with Gasteiger partial charge in [-0.25, -0.2) is 14.2 Å². The molecule has 0 saturated carbocycles. The van der Waals surface area contributed by atoms with Crippen molar-refractivity contribution in [3.8, 4) is 0 Å². The molecule has 10 heteroatoms. The number of nitrogens with one attached hydrogen (secondary N) is 1. The number of carbonyl (C=O) groups excluding carboxylic acids is 3. The molecule has 2 heterocycles. The van der Waals surface area contributed by atoms with E-state index in [0.717, 1.165) is 24.8 Å². The second kappa shape index (κ2) is 14.2. The van der Waals surface area contributed by atoms with Crippen LogP contribution in [0.25, 0.3) is 5.57 Å². The average molecular weight is 560 g/mol. The van der Waals surface area contributed by atoms with Gasteiger partial charge in [-0.15, -0.1) is 0 Å². The van der Waals surface area contributed by atoms with Crippen molar-refractivity contribution in [1.82, 2.24) is 9.88 Å². The van der Waals surface area contributed by atoms with Gasteiger partial charge < -0.3 is 26.4 Å². The summed E-state index contributed by atoms with van der Waals surface area (Å²) in [7, 11) is 0. The minimum Gasteiger partial charge on any atom is -0.444 e. The number of carbonyl (C=O) groups is 3. The Morgan fingerprint density at radius 3 is 2.49 bits per heavy atom. The van der Waals surface area contributed by atoms with Crippen LogP contribution in [0.15, 0.2) is 72.9 Å². The minimum atomic E-state index is -1.30. The molecule has 1 aliphatic rings. The fraction of sp³-hybridized carbons (Fsp3) is 0.290. The maximum Gasteiger partial charge on any atom is 0.343 e. The molecule has 2 amide bonds. The van der Waals surface area contributed by atoms with E-state index in [1.165, 1.54) is 24.3 Å². The molecule has 9 nitrogen and oxygen atoms in total. The van der Waals surface area contributed by atoms with E-state index in [-0.39, 0.29) is 17.3 Å². The van der Waals surface area contributed by atoms with Crippen LogP contribution >= 0.6 is 0 Å². The van der Waals surface area contributed by atoms with Crippen LogP contribution in [-0.2, 0) is 14.3 Å². The molecule has 0 bridgehead atoms. The van der Waals surface area contributed by atoms with E-state index in [4.69, 9.17) is 16.2 Å². The summed E-state index contributed by atoms with van der Waals surface area (Å²) < 4.78 is 19.0. The van der Waals surface area contributed by atoms with E-state index in [0.29, 0.717) is 49.3 Å². The lowest BCUT2D eigenvalue weighted by Gasteiger charge is -2.27. The lowest BCUT2D eigenvalue weighted by Crippen LogP contribution is -2.34. The Labute approximate surface area is 238 Å². The molecule has 1 aliphatic heterocycles. The molecule has 4 rings (SSSR count). The number of amides is 2. The van der Waals surface area contributed by atoms with Gasteiger partial charge in [0, 0.05) is 37.0 Å². The van der Waals surface area contributed by atoms with Crippen LogP contribution in [0.5, 0.6) is 0 Å². The van der Waals surface area contributed by atoms with Gasteiger partial charge in [0.2, 0.25) is 12.0 Å². The molecule has 41 heavy (non-hydrogen) atoms. The van der Waals surface area contributed by atoms with Crippen LogP contribution in [0, 0.1) is 5.82 Å². The SMILES string of the molecule is NCCCCCC(=O)N1CC=C(c2cnc(N)c(C(=O)O[C@@H](C(=O)Nc3ccc(F)cc3)c3ccccc3)c2)CC1. The molecule has 0 radical (unpaired) electrons. The van der Waals surface area contributed by atoms with Crippen molar-refractivity contribution in [3.63, 3.8) is 0 Å².